The van der Waals surface area contributed by atoms with Gasteiger partial charge in [0.1, 0.15) is 0 Å². The summed E-state index contributed by atoms with van der Waals surface area (Å²) in [6.45, 7) is 6.58. The summed E-state index contributed by atoms with van der Waals surface area (Å²) in [5, 5.41) is 6.34. The predicted molar refractivity (Wildman–Crippen MR) is 116 cm³/mol. The van der Waals surface area contributed by atoms with Gasteiger partial charge in [0.2, 0.25) is 0 Å². The highest BCUT2D eigenvalue weighted by atomic mass is 35.5. The largest absolute Gasteiger partial charge is 0.318 e. The average molecular weight is 421 g/mol. The maximum Gasteiger partial charge on any atom is 0.0609 e. The molecule has 0 spiro atoms. The summed E-state index contributed by atoms with van der Waals surface area (Å²) in [5.41, 5.74) is 9.18. The standard InChI is InChI=1S/C21H20Cl3N3/c1-13-7-8-17(10-21(13)24)27-14(2)9-16(15(27)3)11-25-26-12-18-19(22)5-4-6-20(18)23/h4-11,26H,12H2,1-3H3/b25-11-. The average Bonchev–Trinajstić information content (AvgIpc) is 2.90. The first-order valence-corrected chi connectivity index (χ1v) is 9.66. The molecule has 1 heterocycles. The number of nitrogens with zero attached hydrogens (tertiary/aromatic N) is 2. The zero-order valence-electron chi connectivity index (χ0n) is 15.4. The Balaban J connectivity index is 1.78. The topological polar surface area (TPSA) is 29.3 Å². The van der Waals surface area contributed by atoms with Crippen molar-refractivity contribution < 1.29 is 0 Å². The minimum absolute atomic E-state index is 0.460. The zero-order valence-corrected chi connectivity index (χ0v) is 17.6. The predicted octanol–water partition coefficient (Wildman–Crippen LogP) is 6.49. The molecule has 0 aliphatic heterocycles. The molecule has 3 rings (SSSR count). The molecule has 0 unspecified atom stereocenters. The Bertz CT molecular complexity index is 986. The van der Waals surface area contributed by atoms with Gasteiger partial charge in [0.15, 0.2) is 0 Å². The van der Waals surface area contributed by atoms with Crippen LogP contribution in [-0.4, -0.2) is 10.8 Å². The van der Waals surface area contributed by atoms with Gasteiger partial charge in [-0.3, -0.25) is 0 Å². The van der Waals surface area contributed by atoms with Gasteiger partial charge in [0.25, 0.3) is 0 Å². The number of aryl methyl sites for hydroxylation is 2. The molecule has 0 atom stereocenters. The van der Waals surface area contributed by atoms with E-state index < -0.39 is 0 Å². The Labute approximate surface area is 174 Å². The molecule has 0 amide bonds. The van der Waals surface area contributed by atoms with Crippen LogP contribution >= 0.6 is 34.8 Å². The van der Waals surface area contributed by atoms with Crippen LogP contribution in [0.15, 0.2) is 47.6 Å². The van der Waals surface area contributed by atoms with Crippen LogP contribution in [0.5, 0.6) is 0 Å². The summed E-state index contributed by atoms with van der Waals surface area (Å²) in [7, 11) is 0. The zero-order chi connectivity index (χ0) is 19.6. The molecule has 0 saturated carbocycles. The highest BCUT2D eigenvalue weighted by Crippen LogP contribution is 2.25. The first kappa shape index (κ1) is 19.8. The number of benzene rings is 2. The minimum Gasteiger partial charge on any atom is -0.318 e. The maximum atomic E-state index is 6.29. The van der Waals surface area contributed by atoms with Crippen LogP contribution in [0.1, 0.15) is 28.1 Å². The van der Waals surface area contributed by atoms with Crippen molar-refractivity contribution in [2.75, 3.05) is 0 Å². The molecule has 0 aliphatic rings. The van der Waals surface area contributed by atoms with Crippen LogP contribution < -0.4 is 5.43 Å². The third-order valence-electron chi connectivity index (χ3n) is 4.50. The van der Waals surface area contributed by atoms with E-state index in [1.165, 1.54) is 0 Å². The smallest absolute Gasteiger partial charge is 0.0609 e. The van der Waals surface area contributed by atoms with Gasteiger partial charge >= 0.3 is 0 Å². The molecule has 2 aromatic carbocycles. The van der Waals surface area contributed by atoms with Gasteiger partial charge in [-0.1, -0.05) is 46.9 Å². The quantitative estimate of drug-likeness (QED) is 0.371. The lowest BCUT2D eigenvalue weighted by molar-refractivity contribution is 0.748. The molecule has 3 nitrogen and oxygen atoms in total. The number of hydrogen-bond donors (Lipinski definition) is 1. The first-order valence-electron chi connectivity index (χ1n) is 8.52. The Kier molecular flexibility index (Phi) is 6.15. The van der Waals surface area contributed by atoms with Crippen molar-refractivity contribution in [1.82, 2.24) is 9.99 Å². The fraction of sp³-hybridized carbons (Fsp3) is 0.190. The first-order chi connectivity index (χ1) is 12.9. The number of hydrazone groups is 1. The van der Waals surface area contributed by atoms with Crippen LogP contribution in [0.4, 0.5) is 0 Å². The highest BCUT2D eigenvalue weighted by molar-refractivity contribution is 6.36. The van der Waals surface area contributed by atoms with Crippen molar-refractivity contribution >= 4 is 41.0 Å². The number of rotatable bonds is 5. The van der Waals surface area contributed by atoms with Crippen molar-refractivity contribution in [2.45, 2.75) is 27.3 Å². The van der Waals surface area contributed by atoms with Crippen LogP contribution in [0.25, 0.3) is 5.69 Å². The van der Waals surface area contributed by atoms with Gasteiger partial charge in [-0.05, 0) is 56.7 Å². The normalized spacial score (nSPS) is 11.3. The fourth-order valence-corrected chi connectivity index (χ4v) is 3.68. The van der Waals surface area contributed by atoms with Crippen LogP contribution in [0, 0.1) is 20.8 Å². The number of hydrogen-bond acceptors (Lipinski definition) is 2. The molecule has 6 heteroatoms. The van der Waals surface area contributed by atoms with Gasteiger partial charge in [-0.2, -0.15) is 5.10 Å². The summed E-state index contributed by atoms with van der Waals surface area (Å²) in [6.07, 6.45) is 1.80. The molecule has 0 aliphatic carbocycles. The molecule has 0 fully saturated rings. The van der Waals surface area contributed by atoms with Crippen LogP contribution in [0.2, 0.25) is 15.1 Å². The van der Waals surface area contributed by atoms with E-state index in [0.29, 0.717) is 16.6 Å². The van der Waals surface area contributed by atoms with E-state index in [9.17, 15) is 0 Å². The van der Waals surface area contributed by atoms with Gasteiger partial charge in [0, 0.05) is 43.3 Å². The fourth-order valence-electron chi connectivity index (χ4n) is 2.98. The van der Waals surface area contributed by atoms with E-state index in [1.54, 1.807) is 6.21 Å². The Morgan fingerprint density at radius 1 is 0.963 bits per heavy atom. The summed E-state index contributed by atoms with van der Waals surface area (Å²) < 4.78 is 2.16. The van der Waals surface area contributed by atoms with E-state index >= 15 is 0 Å². The van der Waals surface area contributed by atoms with Crippen LogP contribution in [0.3, 0.4) is 0 Å². The van der Waals surface area contributed by atoms with Gasteiger partial charge in [-0.25, -0.2) is 0 Å². The lowest BCUT2D eigenvalue weighted by Gasteiger charge is -2.11. The summed E-state index contributed by atoms with van der Waals surface area (Å²) in [6, 6.07) is 13.6. The molecule has 1 N–H and O–H groups in total. The van der Waals surface area contributed by atoms with Gasteiger partial charge in [0.05, 0.1) is 12.8 Å². The van der Waals surface area contributed by atoms with E-state index in [1.807, 2.05) is 37.3 Å². The number of halogens is 3. The second-order valence-electron chi connectivity index (χ2n) is 6.39. The minimum atomic E-state index is 0.460. The second-order valence-corrected chi connectivity index (χ2v) is 7.61. The molecule has 0 bridgehead atoms. The van der Waals surface area contributed by atoms with Gasteiger partial charge < -0.3 is 9.99 Å². The summed E-state index contributed by atoms with van der Waals surface area (Å²) >= 11 is 18.6. The molecular weight excluding hydrogens is 401 g/mol. The Morgan fingerprint density at radius 3 is 2.33 bits per heavy atom. The van der Waals surface area contributed by atoms with Crippen LogP contribution in [-0.2, 0) is 6.54 Å². The summed E-state index contributed by atoms with van der Waals surface area (Å²) in [4.78, 5) is 0. The highest BCUT2D eigenvalue weighted by Gasteiger charge is 2.10. The molecular formula is C21H20Cl3N3. The molecule has 0 saturated heterocycles. The Morgan fingerprint density at radius 2 is 1.67 bits per heavy atom. The number of nitrogens with one attached hydrogen (secondary N) is 1. The SMILES string of the molecule is Cc1ccc(-n2c(C)cc(/C=N\NCc3c(Cl)cccc3Cl)c2C)cc1Cl. The van der Waals surface area contributed by atoms with Crippen molar-refractivity contribution in [3.8, 4) is 5.69 Å². The van der Waals surface area contributed by atoms with E-state index in [0.717, 1.165) is 38.8 Å². The van der Waals surface area contributed by atoms with Crippen molar-refractivity contribution in [1.29, 1.82) is 0 Å². The third-order valence-corrected chi connectivity index (χ3v) is 5.61. The van der Waals surface area contributed by atoms with E-state index in [2.05, 4.69) is 41.1 Å². The molecule has 3 aromatic rings. The number of aromatic nitrogens is 1. The monoisotopic (exact) mass is 419 g/mol. The Hall–Kier alpha value is -1.94. The molecule has 27 heavy (non-hydrogen) atoms. The van der Waals surface area contributed by atoms with Gasteiger partial charge in [-0.15, -0.1) is 0 Å². The van der Waals surface area contributed by atoms with Crippen molar-refractivity contribution in [3.05, 3.63) is 85.6 Å². The third kappa shape index (κ3) is 4.32. The second kappa shape index (κ2) is 8.39. The summed E-state index contributed by atoms with van der Waals surface area (Å²) in [5.74, 6) is 0. The molecule has 0 radical (unpaired) electrons. The van der Waals surface area contributed by atoms with Crippen molar-refractivity contribution in [3.63, 3.8) is 0 Å². The lowest BCUT2D eigenvalue weighted by atomic mass is 10.2. The van der Waals surface area contributed by atoms with E-state index in [-0.39, 0.29) is 0 Å². The molecule has 1 aromatic heterocycles. The lowest BCUT2D eigenvalue weighted by Crippen LogP contribution is -2.07. The van der Waals surface area contributed by atoms with E-state index in [4.69, 9.17) is 34.8 Å². The maximum absolute atomic E-state index is 6.29. The molecule has 140 valence electrons. The van der Waals surface area contributed by atoms with Crippen molar-refractivity contribution in [2.24, 2.45) is 5.10 Å².